The van der Waals surface area contributed by atoms with Gasteiger partial charge in [-0.1, -0.05) is 38.1 Å². The fourth-order valence-electron chi connectivity index (χ4n) is 3.37. The SMILES string of the molecule is CC(C)c1ccc(C2C(C(=O)c3ccco3)=C(O)C(=O)N2CCN(C)C)cc1. The van der Waals surface area contributed by atoms with Gasteiger partial charge in [0.1, 0.15) is 0 Å². The van der Waals surface area contributed by atoms with E-state index in [1.807, 2.05) is 43.3 Å². The lowest BCUT2D eigenvalue weighted by Crippen LogP contribution is -2.36. The highest BCUT2D eigenvalue weighted by molar-refractivity contribution is 6.15. The number of carbonyl (C=O) groups is 2. The molecule has 6 heteroatoms. The fourth-order valence-corrected chi connectivity index (χ4v) is 3.37. The summed E-state index contributed by atoms with van der Waals surface area (Å²) in [6, 6.07) is 10.3. The molecule has 148 valence electrons. The summed E-state index contributed by atoms with van der Waals surface area (Å²) >= 11 is 0. The Morgan fingerprint density at radius 1 is 1.21 bits per heavy atom. The van der Waals surface area contributed by atoms with E-state index in [1.165, 1.54) is 17.9 Å². The van der Waals surface area contributed by atoms with Crippen LogP contribution in [0, 0.1) is 0 Å². The Kier molecular flexibility index (Phi) is 5.70. The van der Waals surface area contributed by atoms with Gasteiger partial charge in [-0.15, -0.1) is 0 Å². The topological polar surface area (TPSA) is 74.0 Å². The lowest BCUT2D eigenvalue weighted by molar-refractivity contribution is -0.129. The summed E-state index contributed by atoms with van der Waals surface area (Å²) in [6.45, 7) is 5.22. The Hall–Kier alpha value is -2.86. The zero-order valence-corrected chi connectivity index (χ0v) is 16.7. The van der Waals surface area contributed by atoms with Crippen LogP contribution in [0.3, 0.4) is 0 Å². The van der Waals surface area contributed by atoms with Gasteiger partial charge in [0.25, 0.3) is 5.91 Å². The third-order valence-electron chi connectivity index (χ3n) is 5.00. The van der Waals surface area contributed by atoms with Crippen LogP contribution in [-0.2, 0) is 4.79 Å². The van der Waals surface area contributed by atoms with Gasteiger partial charge < -0.3 is 19.3 Å². The highest BCUT2D eigenvalue weighted by Gasteiger charge is 2.44. The van der Waals surface area contributed by atoms with Crippen LogP contribution in [0.15, 0.2) is 58.4 Å². The molecule has 0 spiro atoms. The van der Waals surface area contributed by atoms with Crippen LogP contribution >= 0.6 is 0 Å². The monoisotopic (exact) mass is 382 g/mol. The Bertz CT molecular complexity index is 880. The predicted octanol–water partition coefficient (Wildman–Crippen LogP) is 3.54. The molecule has 28 heavy (non-hydrogen) atoms. The Morgan fingerprint density at radius 2 is 1.89 bits per heavy atom. The maximum Gasteiger partial charge on any atom is 0.290 e. The van der Waals surface area contributed by atoms with Crippen LogP contribution in [0.1, 0.15) is 47.5 Å². The molecule has 1 aromatic carbocycles. The average molecular weight is 382 g/mol. The van der Waals surface area contributed by atoms with Gasteiger partial charge in [-0.2, -0.15) is 0 Å². The van der Waals surface area contributed by atoms with Gasteiger partial charge in [-0.05, 0) is 43.3 Å². The van der Waals surface area contributed by atoms with E-state index in [0.717, 1.165) is 5.56 Å². The van der Waals surface area contributed by atoms with Gasteiger partial charge in [0, 0.05) is 13.1 Å². The van der Waals surface area contributed by atoms with Crippen molar-refractivity contribution in [1.82, 2.24) is 9.80 Å². The number of aliphatic hydroxyl groups excluding tert-OH is 1. The summed E-state index contributed by atoms with van der Waals surface area (Å²) < 4.78 is 5.23. The summed E-state index contributed by atoms with van der Waals surface area (Å²) in [7, 11) is 3.82. The van der Waals surface area contributed by atoms with E-state index in [0.29, 0.717) is 19.0 Å². The number of furan rings is 1. The first-order valence-electron chi connectivity index (χ1n) is 9.38. The summed E-state index contributed by atoms with van der Waals surface area (Å²) in [5.41, 5.74) is 2.02. The second kappa shape index (κ2) is 8.02. The van der Waals surface area contributed by atoms with Crippen molar-refractivity contribution in [3.8, 4) is 0 Å². The van der Waals surface area contributed by atoms with Crippen LogP contribution in [0.4, 0.5) is 0 Å². The smallest absolute Gasteiger partial charge is 0.290 e. The number of hydrogen-bond acceptors (Lipinski definition) is 5. The van der Waals surface area contributed by atoms with Crippen LogP contribution in [0.5, 0.6) is 0 Å². The van der Waals surface area contributed by atoms with E-state index in [1.54, 1.807) is 11.0 Å². The van der Waals surface area contributed by atoms with Gasteiger partial charge >= 0.3 is 0 Å². The first-order valence-corrected chi connectivity index (χ1v) is 9.38. The van der Waals surface area contributed by atoms with Crippen molar-refractivity contribution in [3.63, 3.8) is 0 Å². The molecule has 1 amide bonds. The number of amides is 1. The third kappa shape index (κ3) is 3.73. The molecular formula is C22H26N2O4. The number of Topliss-reactive ketones (excluding diaryl/α,β-unsaturated/α-hetero) is 1. The minimum Gasteiger partial charge on any atom is -0.503 e. The minimum absolute atomic E-state index is 0.0657. The van der Waals surface area contributed by atoms with Crippen molar-refractivity contribution < 1.29 is 19.1 Å². The predicted molar refractivity (Wildman–Crippen MR) is 106 cm³/mol. The molecule has 1 aliphatic heterocycles. The second-order valence-corrected chi connectivity index (χ2v) is 7.59. The average Bonchev–Trinajstić information content (AvgIpc) is 3.28. The maximum atomic E-state index is 13.0. The first-order chi connectivity index (χ1) is 13.3. The molecule has 1 N–H and O–H groups in total. The van der Waals surface area contributed by atoms with Crippen molar-refractivity contribution in [2.24, 2.45) is 0 Å². The summed E-state index contributed by atoms with van der Waals surface area (Å²) in [6.07, 6.45) is 1.40. The van der Waals surface area contributed by atoms with E-state index in [9.17, 15) is 14.7 Å². The largest absolute Gasteiger partial charge is 0.503 e. The molecule has 0 bridgehead atoms. The van der Waals surface area contributed by atoms with Crippen molar-refractivity contribution >= 4 is 11.7 Å². The van der Waals surface area contributed by atoms with Crippen LogP contribution < -0.4 is 0 Å². The number of carbonyl (C=O) groups excluding carboxylic acids is 2. The number of ketones is 1. The molecule has 0 fully saturated rings. The van der Waals surface area contributed by atoms with Gasteiger partial charge in [-0.3, -0.25) is 9.59 Å². The number of likely N-dealkylation sites (N-methyl/N-ethyl adjacent to an activating group) is 1. The molecule has 0 aliphatic carbocycles. The molecular weight excluding hydrogens is 356 g/mol. The van der Waals surface area contributed by atoms with Gasteiger partial charge in [0.15, 0.2) is 11.5 Å². The van der Waals surface area contributed by atoms with Crippen molar-refractivity contribution in [3.05, 3.63) is 70.9 Å². The van der Waals surface area contributed by atoms with Crippen LogP contribution in [0.25, 0.3) is 0 Å². The summed E-state index contributed by atoms with van der Waals surface area (Å²) in [5, 5.41) is 10.5. The molecule has 1 atom stereocenters. The highest BCUT2D eigenvalue weighted by Crippen LogP contribution is 2.39. The van der Waals surface area contributed by atoms with Crippen LogP contribution in [-0.4, -0.2) is 53.8 Å². The number of rotatable bonds is 7. The molecule has 1 unspecified atom stereocenters. The fraction of sp³-hybridized carbons (Fsp3) is 0.364. The molecule has 0 radical (unpaired) electrons. The van der Waals surface area contributed by atoms with Gasteiger partial charge in [0.05, 0.1) is 17.9 Å². The van der Waals surface area contributed by atoms with E-state index < -0.39 is 23.5 Å². The molecule has 1 aliphatic rings. The van der Waals surface area contributed by atoms with E-state index in [-0.39, 0.29) is 11.3 Å². The molecule has 1 aromatic heterocycles. The zero-order chi connectivity index (χ0) is 20.4. The van der Waals surface area contributed by atoms with Crippen molar-refractivity contribution in [2.75, 3.05) is 27.2 Å². The van der Waals surface area contributed by atoms with Crippen molar-refractivity contribution in [1.29, 1.82) is 0 Å². The second-order valence-electron chi connectivity index (χ2n) is 7.59. The quantitative estimate of drug-likeness (QED) is 0.742. The molecule has 0 saturated heterocycles. The van der Waals surface area contributed by atoms with E-state index >= 15 is 0 Å². The molecule has 2 aromatic rings. The van der Waals surface area contributed by atoms with E-state index in [2.05, 4.69) is 13.8 Å². The molecule has 0 saturated carbocycles. The Morgan fingerprint density at radius 3 is 2.43 bits per heavy atom. The molecule has 6 nitrogen and oxygen atoms in total. The lowest BCUT2D eigenvalue weighted by atomic mass is 9.93. The highest BCUT2D eigenvalue weighted by atomic mass is 16.3. The molecule has 3 rings (SSSR count). The number of aliphatic hydroxyl groups is 1. The minimum atomic E-state index is -0.647. The lowest BCUT2D eigenvalue weighted by Gasteiger charge is -2.28. The number of hydrogen-bond donors (Lipinski definition) is 1. The van der Waals surface area contributed by atoms with Gasteiger partial charge in [-0.25, -0.2) is 0 Å². The van der Waals surface area contributed by atoms with E-state index in [4.69, 9.17) is 4.42 Å². The first kappa shape index (κ1) is 19.9. The zero-order valence-electron chi connectivity index (χ0n) is 16.7. The van der Waals surface area contributed by atoms with Crippen LogP contribution in [0.2, 0.25) is 0 Å². The number of benzene rings is 1. The summed E-state index contributed by atoms with van der Waals surface area (Å²) in [4.78, 5) is 29.3. The Balaban J connectivity index is 2.04. The van der Waals surface area contributed by atoms with Gasteiger partial charge in [0.2, 0.25) is 5.78 Å². The van der Waals surface area contributed by atoms with Crippen molar-refractivity contribution in [2.45, 2.75) is 25.8 Å². The Labute approximate surface area is 165 Å². The normalized spacial score (nSPS) is 17.3. The third-order valence-corrected chi connectivity index (χ3v) is 5.00. The maximum absolute atomic E-state index is 13.0. The molecule has 2 heterocycles. The standard InChI is InChI=1S/C22H26N2O4/c1-14(2)15-7-9-16(10-8-15)19-18(20(25)17-6-5-13-28-17)21(26)22(27)24(19)12-11-23(3)4/h5-10,13-14,19,26H,11-12H2,1-4H3. The summed E-state index contributed by atoms with van der Waals surface area (Å²) in [5.74, 6) is -1.03. The number of nitrogens with zero attached hydrogens (tertiary/aromatic N) is 2.